The molecule has 0 saturated heterocycles. The fraction of sp³-hybridized carbons (Fsp3) is 0.625. The molecule has 0 amide bonds. The molecule has 1 N–H and O–H groups in total. The minimum atomic E-state index is 0.589. The third-order valence-corrected chi connectivity index (χ3v) is 4.15. The molecular weight excluding hydrogens is 220 g/mol. The molecule has 2 heteroatoms. The first-order chi connectivity index (χ1) is 8.75. The molecule has 2 rings (SSSR count). The van der Waals surface area contributed by atoms with Crippen molar-refractivity contribution in [1.82, 2.24) is 4.90 Å². The van der Waals surface area contributed by atoms with Crippen LogP contribution >= 0.6 is 0 Å². The van der Waals surface area contributed by atoms with Gasteiger partial charge in [-0.2, -0.15) is 0 Å². The molecule has 1 aromatic carbocycles. The van der Waals surface area contributed by atoms with E-state index in [-0.39, 0.29) is 0 Å². The summed E-state index contributed by atoms with van der Waals surface area (Å²) in [6, 6.07) is 11.1. The second-order valence-corrected chi connectivity index (χ2v) is 5.69. The van der Waals surface area contributed by atoms with Crippen molar-refractivity contribution in [3.63, 3.8) is 0 Å². The molecule has 0 aliphatic heterocycles. The fourth-order valence-electron chi connectivity index (χ4n) is 2.76. The Morgan fingerprint density at radius 1 is 1.22 bits per heavy atom. The standard InChI is InChI=1S/C16H26N2/c1-14(12-17-16-10-4-3-5-11-16)18(2)13-15-8-6-7-9-15/h3-5,10-11,14-15,17H,6-9,12-13H2,1-2H3. The van der Waals surface area contributed by atoms with Gasteiger partial charge in [-0.25, -0.2) is 0 Å². The number of para-hydroxylation sites is 1. The number of hydrogen-bond donors (Lipinski definition) is 1. The van der Waals surface area contributed by atoms with Gasteiger partial charge in [0.05, 0.1) is 0 Å². The summed E-state index contributed by atoms with van der Waals surface area (Å²) in [6.45, 7) is 4.59. The van der Waals surface area contributed by atoms with Gasteiger partial charge in [-0.3, -0.25) is 0 Å². The highest BCUT2D eigenvalue weighted by molar-refractivity contribution is 5.42. The predicted molar refractivity (Wildman–Crippen MR) is 79.0 cm³/mol. The zero-order valence-electron chi connectivity index (χ0n) is 11.7. The van der Waals surface area contributed by atoms with Crippen LogP contribution in [0, 0.1) is 5.92 Å². The zero-order valence-corrected chi connectivity index (χ0v) is 11.7. The summed E-state index contributed by atoms with van der Waals surface area (Å²) in [6.07, 6.45) is 5.75. The Bertz CT molecular complexity index is 330. The van der Waals surface area contributed by atoms with E-state index in [1.54, 1.807) is 0 Å². The normalized spacial score (nSPS) is 18.2. The Hall–Kier alpha value is -1.02. The molecular formula is C16H26N2. The van der Waals surface area contributed by atoms with Crippen LogP contribution in [-0.4, -0.2) is 31.1 Å². The van der Waals surface area contributed by atoms with Gasteiger partial charge in [-0.15, -0.1) is 0 Å². The van der Waals surface area contributed by atoms with Crippen LogP contribution < -0.4 is 5.32 Å². The molecule has 1 aliphatic carbocycles. The minimum absolute atomic E-state index is 0.589. The van der Waals surface area contributed by atoms with Crippen molar-refractivity contribution in [2.45, 2.75) is 38.6 Å². The summed E-state index contributed by atoms with van der Waals surface area (Å²) in [7, 11) is 2.26. The lowest BCUT2D eigenvalue weighted by atomic mass is 10.1. The maximum atomic E-state index is 3.51. The number of nitrogens with zero attached hydrogens (tertiary/aromatic N) is 1. The third kappa shape index (κ3) is 4.02. The number of nitrogens with one attached hydrogen (secondary N) is 1. The van der Waals surface area contributed by atoms with Crippen LogP contribution in [0.3, 0.4) is 0 Å². The van der Waals surface area contributed by atoms with Crippen LogP contribution in [-0.2, 0) is 0 Å². The van der Waals surface area contributed by atoms with E-state index in [9.17, 15) is 0 Å². The molecule has 1 fully saturated rings. The molecule has 0 radical (unpaired) electrons. The van der Waals surface area contributed by atoms with Crippen molar-refractivity contribution in [2.24, 2.45) is 5.92 Å². The lowest BCUT2D eigenvalue weighted by molar-refractivity contribution is 0.226. The average Bonchev–Trinajstić information content (AvgIpc) is 2.90. The maximum absolute atomic E-state index is 3.51. The third-order valence-electron chi connectivity index (χ3n) is 4.15. The molecule has 1 atom stereocenters. The summed E-state index contributed by atoms with van der Waals surface area (Å²) in [5.74, 6) is 0.939. The lowest BCUT2D eigenvalue weighted by Crippen LogP contribution is -2.37. The van der Waals surface area contributed by atoms with Crippen molar-refractivity contribution in [1.29, 1.82) is 0 Å². The van der Waals surface area contributed by atoms with Gasteiger partial charge in [0.25, 0.3) is 0 Å². The maximum Gasteiger partial charge on any atom is 0.0340 e. The monoisotopic (exact) mass is 246 g/mol. The van der Waals surface area contributed by atoms with Crippen LogP contribution in [0.1, 0.15) is 32.6 Å². The molecule has 0 aromatic heterocycles. The van der Waals surface area contributed by atoms with E-state index < -0.39 is 0 Å². The number of hydrogen-bond acceptors (Lipinski definition) is 2. The second kappa shape index (κ2) is 6.79. The van der Waals surface area contributed by atoms with E-state index in [0.29, 0.717) is 6.04 Å². The van der Waals surface area contributed by atoms with Gasteiger partial charge in [0.15, 0.2) is 0 Å². The molecule has 1 saturated carbocycles. The summed E-state index contributed by atoms with van der Waals surface area (Å²) in [5.41, 5.74) is 1.22. The van der Waals surface area contributed by atoms with E-state index in [2.05, 4.69) is 54.5 Å². The van der Waals surface area contributed by atoms with E-state index >= 15 is 0 Å². The topological polar surface area (TPSA) is 15.3 Å². The first kappa shape index (κ1) is 13.4. The highest BCUT2D eigenvalue weighted by atomic mass is 15.1. The summed E-state index contributed by atoms with van der Waals surface area (Å²) < 4.78 is 0. The number of likely N-dealkylation sites (N-methyl/N-ethyl adjacent to an activating group) is 1. The van der Waals surface area contributed by atoms with Crippen molar-refractivity contribution in [3.05, 3.63) is 30.3 Å². The minimum Gasteiger partial charge on any atom is -0.383 e. The number of anilines is 1. The van der Waals surface area contributed by atoms with E-state index in [1.807, 2.05) is 0 Å². The largest absolute Gasteiger partial charge is 0.383 e. The van der Waals surface area contributed by atoms with E-state index in [0.717, 1.165) is 12.5 Å². The van der Waals surface area contributed by atoms with E-state index in [1.165, 1.54) is 37.9 Å². The first-order valence-electron chi connectivity index (χ1n) is 7.25. The van der Waals surface area contributed by atoms with E-state index in [4.69, 9.17) is 0 Å². The quantitative estimate of drug-likeness (QED) is 0.825. The second-order valence-electron chi connectivity index (χ2n) is 5.69. The number of rotatable bonds is 6. The van der Waals surface area contributed by atoms with Gasteiger partial charge in [0.2, 0.25) is 0 Å². The summed E-state index contributed by atoms with van der Waals surface area (Å²) in [5, 5.41) is 3.51. The van der Waals surface area contributed by atoms with Crippen molar-refractivity contribution < 1.29 is 0 Å². The van der Waals surface area contributed by atoms with Crippen LogP contribution in [0.5, 0.6) is 0 Å². The molecule has 100 valence electrons. The van der Waals surface area contributed by atoms with Gasteiger partial charge >= 0.3 is 0 Å². The lowest BCUT2D eigenvalue weighted by Gasteiger charge is -2.27. The molecule has 0 heterocycles. The Balaban J connectivity index is 1.71. The molecule has 18 heavy (non-hydrogen) atoms. The first-order valence-corrected chi connectivity index (χ1v) is 7.25. The smallest absolute Gasteiger partial charge is 0.0340 e. The number of benzene rings is 1. The van der Waals surface area contributed by atoms with Crippen molar-refractivity contribution in [3.8, 4) is 0 Å². The van der Waals surface area contributed by atoms with Crippen molar-refractivity contribution in [2.75, 3.05) is 25.5 Å². The van der Waals surface area contributed by atoms with Crippen LogP contribution in [0.4, 0.5) is 5.69 Å². The summed E-state index contributed by atoms with van der Waals surface area (Å²) >= 11 is 0. The highest BCUT2D eigenvalue weighted by Crippen LogP contribution is 2.25. The van der Waals surface area contributed by atoms with Gasteiger partial charge in [0.1, 0.15) is 0 Å². The Labute approximate surface area is 111 Å². The molecule has 1 unspecified atom stereocenters. The molecule has 0 bridgehead atoms. The highest BCUT2D eigenvalue weighted by Gasteiger charge is 2.19. The van der Waals surface area contributed by atoms with Crippen LogP contribution in [0.25, 0.3) is 0 Å². The molecule has 1 aromatic rings. The van der Waals surface area contributed by atoms with Gasteiger partial charge in [-0.05, 0) is 44.9 Å². The van der Waals surface area contributed by atoms with Gasteiger partial charge in [-0.1, -0.05) is 31.0 Å². The Morgan fingerprint density at radius 3 is 2.56 bits per heavy atom. The zero-order chi connectivity index (χ0) is 12.8. The Kier molecular flexibility index (Phi) is 5.06. The average molecular weight is 246 g/mol. The fourth-order valence-corrected chi connectivity index (χ4v) is 2.76. The van der Waals surface area contributed by atoms with Crippen LogP contribution in [0.15, 0.2) is 30.3 Å². The molecule has 0 spiro atoms. The van der Waals surface area contributed by atoms with Gasteiger partial charge in [0, 0.05) is 24.8 Å². The van der Waals surface area contributed by atoms with Gasteiger partial charge < -0.3 is 10.2 Å². The SMILES string of the molecule is CC(CNc1ccccc1)N(C)CC1CCCC1. The Morgan fingerprint density at radius 2 is 1.89 bits per heavy atom. The van der Waals surface area contributed by atoms with Crippen LogP contribution in [0.2, 0.25) is 0 Å². The summed E-state index contributed by atoms with van der Waals surface area (Å²) in [4.78, 5) is 2.51. The molecule has 1 aliphatic rings. The molecule has 2 nitrogen and oxygen atoms in total. The predicted octanol–water partition coefficient (Wildman–Crippen LogP) is 3.61. The van der Waals surface area contributed by atoms with Crippen molar-refractivity contribution >= 4 is 5.69 Å².